The average Bonchev–Trinajstić information content (AvgIpc) is 2.85. The van der Waals surface area contributed by atoms with Crippen molar-refractivity contribution in [3.05, 3.63) is 120 Å². The highest BCUT2D eigenvalue weighted by atomic mass is 32.2. The summed E-state index contributed by atoms with van der Waals surface area (Å²) in [6, 6.07) is 28.3. The van der Waals surface area contributed by atoms with Crippen LogP contribution in [0.4, 0.5) is 4.39 Å². The van der Waals surface area contributed by atoms with Crippen molar-refractivity contribution in [3.63, 3.8) is 0 Å². The third kappa shape index (κ3) is 10.5. The van der Waals surface area contributed by atoms with E-state index in [2.05, 4.69) is 66.0 Å². The van der Waals surface area contributed by atoms with Crippen molar-refractivity contribution in [2.75, 3.05) is 18.8 Å². The van der Waals surface area contributed by atoms with Crippen molar-refractivity contribution in [1.29, 1.82) is 0 Å². The predicted molar refractivity (Wildman–Crippen MR) is 135 cm³/mol. The summed E-state index contributed by atoms with van der Waals surface area (Å²) >= 11 is 1.94. The highest BCUT2D eigenvalue weighted by Crippen LogP contribution is 2.35. The van der Waals surface area contributed by atoms with Crippen LogP contribution in [0.25, 0.3) is 0 Å². The third-order valence-electron chi connectivity index (χ3n) is 4.67. The zero-order valence-corrected chi connectivity index (χ0v) is 19.5. The van der Waals surface area contributed by atoms with E-state index in [1.54, 1.807) is 6.07 Å². The Hall–Kier alpha value is -3.42. The molecule has 7 heteroatoms. The van der Waals surface area contributed by atoms with Crippen molar-refractivity contribution in [3.8, 4) is 0 Å². The van der Waals surface area contributed by atoms with Gasteiger partial charge < -0.3 is 15.5 Å². The fraction of sp³-hybridized carbons (Fsp3) is 0.185. The number of carboxylic acids is 2. The first-order valence-corrected chi connectivity index (χ1v) is 11.8. The number of thioether (sulfide) groups is 1. The first-order valence-electron chi connectivity index (χ1n) is 10.8. The molecule has 5 nitrogen and oxygen atoms in total. The van der Waals surface area contributed by atoms with Gasteiger partial charge in [-0.05, 0) is 35.7 Å². The van der Waals surface area contributed by atoms with Crippen molar-refractivity contribution in [1.82, 2.24) is 5.32 Å². The fourth-order valence-corrected chi connectivity index (χ4v) is 4.28. The van der Waals surface area contributed by atoms with E-state index in [4.69, 9.17) is 10.2 Å². The largest absolute Gasteiger partial charge is 0.478 e. The van der Waals surface area contributed by atoms with Crippen molar-refractivity contribution < 1.29 is 24.2 Å². The van der Waals surface area contributed by atoms with Gasteiger partial charge in [0.1, 0.15) is 5.82 Å². The summed E-state index contributed by atoms with van der Waals surface area (Å²) in [6.45, 7) is 1.71. The number of rotatable bonds is 11. The first-order chi connectivity index (χ1) is 16.5. The van der Waals surface area contributed by atoms with Gasteiger partial charge in [-0.25, -0.2) is 14.0 Å². The Morgan fingerprint density at radius 2 is 1.29 bits per heavy atom. The lowest BCUT2D eigenvalue weighted by Gasteiger charge is -2.18. The third-order valence-corrected chi connectivity index (χ3v) is 5.98. The highest BCUT2D eigenvalue weighted by Gasteiger charge is 2.13. The molecule has 34 heavy (non-hydrogen) atoms. The van der Waals surface area contributed by atoms with Crippen LogP contribution < -0.4 is 5.32 Å². The lowest BCUT2D eigenvalue weighted by Crippen LogP contribution is -2.21. The van der Waals surface area contributed by atoms with Gasteiger partial charge in [0, 0.05) is 24.4 Å². The maximum atomic E-state index is 13.6. The normalized spacial score (nSPS) is 10.6. The second-order valence-electron chi connectivity index (χ2n) is 7.17. The lowest BCUT2D eigenvalue weighted by molar-refractivity contribution is -0.134. The fourth-order valence-electron chi connectivity index (χ4n) is 3.08. The van der Waals surface area contributed by atoms with E-state index in [0.717, 1.165) is 30.8 Å². The molecule has 0 unspecified atom stereocenters. The molecule has 3 aromatic rings. The van der Waals surface area contributed by atoms with Crippen LogP contribution in [0, 0.1) is 5.82 Å². The molecule has 3 N–H and O–H groups in total. The van der Waals surface area contributed by atoms with E-state index >= 15 is 0 Å². The van der Waals surface area contributed by atoms with E-state index in [1.165, 1.54) is 17.2 Å². The topological polar surface area (TPSA) is 86.6 Å². The molecule has 0 heterocycles. The van der Waals surface area contributed by atoms with Gasteiger partial charge in [0.25, 0.3) is 0 Å². The van der Waals surface area contributed by atoms with Gasteiger partial charge >= 0.3 is 11.9 Å². The SMILES string of the molecule is Fc1ccccc1CCNCCSC(c1ccccc1)c1ccccc1.O=C(O)/C=C\C(=O)O. The summed E-state index contributed by atoms with van der Waals surface area (Å²) in [6.07, 6.45) is 1.84. The molecular formula is C27H28FNO4S. The second kappa shape index (κ2) is 15.4. The molecule has 0 radical (unpaired) electrons. The molecule has 0 atom stereocenters. The highest BCUT2D eigenvalue weighted by molar-refractivity contribution is 7.99. The number of carbonyl (C=O) groups is 2. The average molecular weight is 482 g/mol. The van der Waals surface area contributed by atoms with E-state index in [1.807, 2.05) is 23.9 Å². The van der Waals surface area contributed by atoms with Crippen molar-refractivity contribution in [2.24, 2.45) is 0 Å². The Labute approximate surface area is 203 Å². The first kappa shape index (κ1) is 26.8. The number of benzene rings is 3. The van der Waals surface area contributed by atoms with Gasteiger partial charge in [-0.3, -0.25) is 0 Å². The summed E-state index contributed by atoms with van der Waals surface area (Å²) in [7, 11) is 0. The number of halogens is 1. The van der Waals surface area contributed by atoms with Gasteiger partial charge in [-0.15, -0.1) is 11.8 Å². The zero-order chi connectivity index (χ0) is 24.6. The number of hydrogen-bond acceptors (Lipinski definition) is 4. The standard InChI is InChI=1S/C23H24FNS.C4H4O4/c24-22-14-8-7-9-19(22)15-16-25-17-18-26-23(20-10-3-1-4-11-20)21-12-5-2-6-13-21;5-3(6)1-2-4(7)8/h1-14,23,25H,15-18H2;1-2H,(H,5,6)(H,7,8)/b;2-1-. The van der Waals surface area contributed by atoms with Crippen LogP contribution in [-0.2, 0) is 16.0 Å². The molecule has 0 aliphatic carbocycles. The number of hydrogen-bond donors (Lipinski definition) is 3. The molecule has 178 valence electrons. The predicted octanol–water partition coefficient (Wildman–Crippen LogP) is 5.19. The summed E-state index contributed by atoms with van der Waals surface area (Å²) in [5.41, 5.74) is 3.43. The molecule has 0 fully saturated rings. The van der Waals surface area contributed by atoms with Crippen LogP contribution in [0.15, 0.2) is 97.1 Å². The van der Waals surface area contributed by atoms with Crippen LogP contribution in [0.5, 0.6) is 0 Å². The molecule has 0 aromatic heterocycles. The van der Waals surface area contributed by atoms with E-state index < -0.39 is 11.9 Å². The van der Waals surface area contributed by atoms with Gasteiger partial charge in [0.05, 0.1) is 5.25 Å². The Bertz CT molecular complexity index is 989. The maximum Gasteiger partial charge on any atom is 0.328 e. The lowest BCUT2D eigenvalue weighted by atomic mass is 10.0. The molecule has 0 aliphatic rings. The van der Waals surface area contributed by atoms with Gasteiger partial charge in [0.15, 0.2) is 0 Å². The van der Waals surface area contributed by atoms with E-state index in [0.29, 0.717) is 17.4 Å². The molecule has 0 aliphatic heterocycles. The molecule has 0 bridgehead atoms. The molecule has 0 spiro atoms. The van der Waals surface area contributed by atoms with Crippen LogP contribution in [0.1, 0.15) is 21.9 Å². The molecule has 0 amide bonds. The Balaban J connectivity index is 0.000000440. The molecular weight excluding hydrogens is 453 g/mol. The van der Waals surface area contributed by atoms with Crippen LogP contribution in [0.2, 0.25) is 0 Å². The zero-order valence-electron chi connectivity index (χ0n) is 18.6. The summed E-state index contributed by atoms with van der Waals surface area (Å²) in [4.78, 5) is 19.1. The van der Waals surface area contributed by atoms with Gasteiger partial charge in [-0.2, -0.15) is 0 Å². The summed E-state index contributed by atoms with van der Waals surface area (Å²) < 4.78 is 13.6. The molecule has 3 aromatic carbocycles. The minimum absolute atomic E-state index is 0.114. The Morgan fingerprint density at radius 3 is 1.79 bits per heavy atom. The second-order valence-corrected chi connectivity index (χ2v) is 8.39. The Morgan fingerprint density at radius 1 is 0.794 bits per heavy atom. The number of carboxylic acid groups (broad SMARTS) is 2. The number of nitrogens with one attached hydrogen (secondary N) is 1. The minimum atomic E-state index is -1.26. The summed E-state index contributed by atoms with van der Waals surface area (Å²) in [5, 5.41) is 19.4. The molecule has 0 saturated heterocycles. The minimum Gasteiger partial charge on any atom is -0.478 e. The molecule has 3 rings (SSSR count). The number of aliphatic carboxylic acids is 2. The van der Waals surface area contributed by atoms with Gasteiger partial charge in [-0.1, -0.05) is 78.9 Å². The Kier molecular flexibility index (Phi) is 12.2. The van der Waals surface area contributed by atoms with E-state index in [-0.39, 0.29) is 5.82 Å². The van der Waals surface area contributed by atoms with Crippen molar-refractivity contribution >= 4 is 23.7 Å². The van der Waals surface area contributed by atoms with E-state index in [9.17, 15) is 14.0 Å². The summed E-state index contributed by atoms with van der Waals surface area (Å²) in [5.74, 6) is -1.62. The van der Waals surface area contributed by atoms with Crippen LogP contribution in [-0.4, -0.2) is 41.0 Å². The van der Waals surface area contributed by atoms with Gasteiger partial charge in [0.2, 0.25) is 0 Å². The monoisotopic (exact) mass is 481 g/mol. The van der Waals surface area contributed by atoms with Crippen LogP contribution >= 0.6 is 11.8 Å². The molecule has 0 saturated carbocycles. The van der Waals surface area contributed by atoms with Crippen molar-refractivity contribution in [2.45, 2.75) is 11.7 Å². The van der Waals surface area contributed by atoms with Crippen LogP contribution in [0.3, 0.4) is 0 Å². The quantitative estimate of drug-likeness (QED) is 0.258. The smallest absolute Gasteiger partial charge is 0.328 e. The maximum absolute atomic E-state index is 13.6.